The van der Waals surface area contributed by atoms with Crippen molar-refractivity contribution in [1.82, 2.24) is 5.32 Å². The monoisotopic (exact) mass is 507 g/mol. The Labute approximate surface area is 209 Å². The summed E-state index contributed by atoms with van der Waals surface area (Å²) < 4.78 is 11.2. The molecule has 11 heteroatoms. The van der Waals surface area contributed by atoms with Crippen LogP contribution in [-0.2, 0) is 16.2 Å². The second kappa shape index (κ2) is 10.3. The SMILES string of the molecule is COc1cc(/C=C2\C(=O)NC(=O)N(c3ccccc3Cl)C2=O)ccc1OCc1ccc([N+](=O)[O-])cc1. The maximum absolute atomic E-state index is 13.1. The molecular formula is C25H18ClN3O7. The number of nitrogens with zero attached hydrogens (tertiary/aromatic N) is 2. The molecule has 4 amide bonds. The summed E-state index contributed by atoms with van der Waals surface area (Å²) in [5.74, 6) is -0.959. The number of halogens is 1. The van der Waals surface area contributed by atoms with Gasteiger partial charge in [0.05, 0.1) is 22.7 Å². The van der Waals surface area contributed by atoms with E-state index in [2.05, 4.69) is 5.32 Å². The van der Waals surface area contributed by atoms with Crippen LogP contribution in [0.2, 0.25) is 5.02 Å². The molecule has 1 saturated heterocycles. The lowest BCUT2D eigenvalue weighted by Gasteiger charge is -2.27. The fourth-order valence-corrected chi connectivity index (χ4v) is 3.66. The van der Waals surface area contributed by atoms with Gasteiger partial charge in [-0.3, -0.25) is 25.0 Å². The number of methoxy groups -OCH3 is 1. The fourth-order valence-electron chi connectivity index (χ4n) is 3.44. The standard InChI is InChI=1S/C25H18ClN3O7/c1-35-22-13-16(8-11-21(22)36-14-15-6-9-17(10-7-15)29(33)34)12-18-23(30)27-25(32)28(24(18)31)20-5-3-2-4-19(20)26/h2-13H,14H2,1H3,(H,27,30,32)/b18-12+. The zero-order valence-electron chi connectivity index (χ0n) is 18.8. The van der Waals surface area contributed by atoms with E-state index in [1.807, 2.05) is 0 Å². The number of nitro groups is 1. The Kier molecular flexibility index (Phi) is 6.98. The van der Waals surface area contributed by atoms with Crippen LogP contribution in [0.4, 0.5) is 16.2 Å². The number of hydrogen-bond acceptors (Lipinski definition) is 7. The Hall–Kier alpha value is -4.70. The number of carbonyl (C=O) groups excluding carboxylic acids is 3. The van der Waals surface area contributed by atoms with E-state index >= 15 is 0 Å². The molecule has 0 bridgehead atoms. The summed E-state index contributed by atoms with van der Waals surface area (Å²) in [5.41, 5.74) is 1.01. The lowest BCUT2D eigenvalue weighted by atomic mass is 10.1. The van der Waals surface area contributed by atoms with Gasteiger partial charge in [-0.25, -0.2) is 9.69 Å². The van der Waals surface area contributed by atoms with Crippen molar-refractivity contribution in [2.75, 3.05) is 12.0 Å². The van der Waals surface area contributed by atoms with E-state index in [4.69, 9.17) is 21.1 Å². The number of nitrogens with one attached hydrogen (secondary N) is 1. The molecule has 3 aromatic carbocycles. The van der Waals surface area contributed by atoms with Gasteiger partial charge >= 0.3 is 6.03 Å². The van der Waals surface area contributed by atoms with E-state index < -0.39 is 22.8 Å². The lowest BCUT2D eigenvalue weighted by molar-refractivity contribution is -0.384. The number of carbonyl (C=O) groups is 3. The minimum absolute atomic E-state index is 0.0233. The van der Waals surface area contributed by atoms with Crippen LogP contribution >= 0.6 is 11.6 Å². The predicted molar refractivity (Wildman–Crippen MR) is 131 cm³/mol. The van der Waals surface area contributed by atoms with Gasteiger partial charge in [0.2, 0.25) is 0 Å². The van der Waals surface area contributed by atoms with Crippen molar-refractivity contribution in [2.45, 2.75) is 6.61 Å². The molecule has 1 aliphatic rings. The molecule has 0 saturated carbocycles. The quantitative estimate of drug-likeness (QED) is 0.216. The van der Waals surface area contributed by atoms with Crippen molar-refractivity contribution in [3.05, 3.63) is 98.6 Å². The van der Waals surface area contributed by atoms with Crippen molar-refractivity contribution < 1.29 is 28.8 Å². The normalized spacial score (nSPS) is 14.6. The number of ether oxygens (including phenoxy) is 2. The van der Waals surface area contributed by atoms with Crippen LogP contribution in [0.25, 0.3) is 6.08 Å². The second-order valence-electron chi connectivity index (χ2n) is 7.53. The summed E-state index contributed by atoms with van der Waals surface area (Å²) in [5, 5.41) is 13.1. The topological polar surface area (TPSA) is 128 Å². The molecule has 182 valence electrons. The van der Waals surface area contributed by atoms with Gasteiger partial charge in [-0.15, -0.1) is 0 Å². The minimum Gasteiger partial charge on any atom is -0.493 e. The van der Waals surface area contributed by atoms with E-state index in [1.165, 1.54) is 37.5 Å². The van der Waals surface area contributed by atoms with E-state index in [0.717, 1.165) is 4.90 Å². The average molecular weight is 508 g/mol. The number of rotatable bonds is 7. The molecule has 1 aliphatic heterocycles. The van der Waals surface area contributed by atoms with Crippen LogP contribution < -0.4 is 19.7 Å². The fraction of sp³-hybridized carbons (Fsp3) is 0.0800. The zero-order chi connectivity index (χ0) is 25.8. The van der Waals surface area contributed by atoms with E-state index in [1.54, 1.807) is 42.5 Å². The van der Waals surface area contributed by atoms with Gasteiger partial charge in [0, 0.05) is 12.1 Å². The Bertz CT molecular complexity index is 1400. The van der Waals surface area contributed by atoms with Crippen LogP contribution in [0.3, 0.4) is 0 Å². The number of non-ortho nitro benzene ring substituents is 1. The first-order chi connectivity index (χ1) is 17.3. The Morgan fingerprint density at radius 2 is 1.75 bits per heavy atom. The number of imide groups is 2. The summed E-state index contributed by atoms with van der Waals surface area (Å²) in [6.45, 7) is 0.130. The smallest absolute Gasteiger partial charge is 0.335 e. The maximum atomic E-state index is 13.1. The van der Waals surface area contributed by atoms with Gasteiger partial charge in [0.25, 0.3) is 17.5 Å². The van der Waals surface area contributed by atoms with E-state index in [9.17, 15) is 24.5 Å². The number of hydrogen-bond donors (Lipinski definition) is 1. The van der Waals surface area contributed by atoms with Crippen LogP contribution in [0.1, 0.15) is 11.1 Å². The van der Waals surface area contributed by atoms with E-state index in [-0.39, 0.29) is 28.6 Å². The zero-order valence-corrected chi connectivity index (χ0v) is 19.5. The van der Waals surface area contributed by atoms with Gasteiger partial charge in [-0.2, -0.15) is 0 Å². The van der Waals surface area contributed by atoms with Crippen molar-refractivity contribution in [3.63, 3.8) is 0 Å². The molecule has 0 atom stereocenters. The molecule has 1 fully saturated rings. The number of barbiturate groups is 1. The highest BCUT2D eigenvalue weighted by atomic mass is 35.5. The summed E-state index contributed by atoms with van der Waals surface area (Å²) in [6.07, 6.45) is 1.33. The lowest BCUT2D eigenvalue weighted by Crippen LogP contribution is -2.54. The van der Waals surface area contributed by atoms with Crippen LogP contribution in [0.15, 0.2) is 72.3 Å². The van der Waals surface area contributed by atoms with Crippen molar-refractivity contribution in [3.8, 4) is 11.5 Å². The summed E-state index contributed by atoms with van der Waals surface area (Å²) in [6, 6.07) is 16.1. The van der Waals surface area contributed by atoms with E-state index in [0.29, 0.717) is 22.6 Å². The molecule has 0 unspecified atom stereocenters. The van der Waals surface area contributed by atoms with Gasteiger partial charge in [0.15, 0.2) is 11.5 Å². The molecule has 0 aliphatic carbocycles. The molecule has 3 aromatic rings. The molecule has 1 heterocycles. The van der Waals surface area contributed by atoms with Crippen LogP contribution in [0.5, 0.6) is 11.5 Å². The highest BCUT2D eigenvalue weighted by Crippen LogP contribution is 2.32. The third-order valence-electron chi connectivity index (χ3n) is 5.24. The van der Waals surface area contributed by atoms with Crippen molar-refractivity contribution in [1.29, 1.82) is 0 Å². The first-order valence-corrected chi connectivity index (χ1v) is 10.9. The molecule has 0 radical (unpaired) electrons. The van der Waals surface area contributed by atoms with Crippen LogP contribution in [0, 0.1) is 10.1 Å². The Morgan fingerprint density at radius 1 is 1.03 bits per heavy atom. The minimum atomic E-state index is -0.900. The number of nitro benzene ring substituents is 1. The van der Waals surface area contributed by atoms with Crippen LogP contribution in [-0.4, -0.2) is 29.9 Å². The van der Waals surface area contributed by atoms with Crippen molar-refractivity contribution in [2.24, 2.45) is 0 Å². The number of benzene rings is 3. The number of anilines is 1. The largest absolute Gasteiger partial charge is 0.493 e. The molecular weight excluding hydrogens is 490 g/mol. The third kappa shape index (κ3) is 5.03. The first-order valence-electron chi connectivity index (χ1n) is 10.5. The summed E-state index contributed by atoms with van der Waals surface area (Å²) >= 11 is 6.15. The third-order valence-corrected chi connectivity index (χ3v) is 5.55. The number of urea groups is 1. The van der Waals surface area contributed by atoms with Gasteiger partial charge < -0.3 is 9.47 Å². The number of para-hydroxylation sites is 1. The molecule has 36 heavy (non-hydrogen) atoms. The molecule has 1 N–H and O–H groups in total. The van der Waals surface area contributed by atoms with Gasteiger partial charge in [-0.05, 0) is 53.6 Å². The highest BCUT2D eigenvalue weighted by Gasteiger charge is 2.37. The number of amides is 4. The Balaban J connectivity index is 1.57. The molecule has 10 nitrogen and oxygen atoms in total. The summed E-state index contributed by atoms with van der Waals surface area (Å²) in [7, 11) is 1.43. The first kappa shape index (κ1) is 24.4. The van der Waals surface area contributed by atoms with Crippen molar-refractivity contribution >= 4 is 46.9 Å². The second-order valence-corrected chi connectivity index (χ2v) is 7.94. The maximum Gasteiger partial charge on any atom is 0.335 e. The highest BCUT2D eigenvalue weighted by molar-refractivity contribution is 6.42. The molecule has 0 aromatic heterocycles. The Morgan fingerprint density at radius 3 is 2.42 bits per heavy atom. The van der Waals surface area contributed by atoms with Gasteiger partial charge in [-0.1, -0.05) is 29.8 Å². The van der Waals surface area contributed by atoms with Gasteiger partial charge in [0.1, 0.15) is 12.2 Å². The molecule has 4 rings (SSSR count). The predicted octanol–water partition coefficient (Wildman–Crippen LogP) is 4.50. The average Bonchev–Trinajstić information content (AvgIpc) is 2.86. The molecule has 0 spiro atoms. The summed E-state index contributed by atoms with van der Waals surface area (Å²) in [4.78, 5) is 49.0.